The zero-order chi connectivity index (χ0) is 20.0. The monoisotopic (exact) mass is 391 g/mol. The van der Waals surface area contributed by atoms with Crippen molar-refractivity contribution in [1.82, 2.24) is 25.1 Å². The van der Waals surface area contributed by atoms with E-state index in [1.54, 1.807) is 27.8 Å². The van der Waals surface area contributed by atoms with Crippen molar-refractivity contribution in [3.05, 3.63) is 65.7 Å². The van der Waals surface area contributed by atoms with Gasteiger partial charge < -0.3 is 9.42 Å². The molecule has 4 aromatic rings. The maximum Gasteiger partial charge on any atom is 0.247 e. The molecular weight excluding hydrogens is 373 g/mol. The van der Waals surface area contributed by atoms with Crippen LogP contribution in [0.4, 0.5) is 4.39 Å². The second-order valence-electron chi connectivity index (χ2n) is 7.12. The van der Waals surface area contributed by atoms with Crippen LogP contribution in [-0.2, 0) is 17.8 Å². The molecule has 1 aliphatic heterocycles. The lowest BCUT2D eigenvalue weighted by atomic mass is 10.0. The van der Waals surface area contributed by atoms with Gasteiger partial charge in [0.1, 0.15) is 28.8 Å². The molecule has 146 valence electrons. The smallest absolute Gasteiger partial charge is 0.247 e. The van der Waals surface area contributed by atoms with Gasteiger partial charge in [0.25, 0.3) is 0 Å². The van der Waals surface area contributed by atoms with Crippen LogP contribution in [0.1, 0.15) is 24.3 Å². The number of rotatable bonds is 3. The second kappa shape index (κ2) is 6.80. The molecule has 0 fully saturated rings. The number of halogens is 1. The number of hydrogen-bond acceptors (Lipinski definition) is 5. The van der Waals surface area contributed by atoms with Crippen molar-refractivity contribution in [2.24, 2.45) is 0 Å². The van der Waals surface area contributed by atoms with Gasteiger partial charge in [-0.3, -0.25) is 4.79 Å². The molecule has 1 aliphatic rings. The van der Waals surface area contributed by atoms with Crippen LogP contribution >= 0.6 is 0 Å². The van der Waals surface area contributed by atoms with Gasteiger partial charge in [-0.05, 0) is 31.2 Å². The van der Waals surface area contributed by atoms with E-state index in [0.29, 0.717) is 36.5 Å². The number of fused-ring (bicyclic) bond motifs is 2. The Balaban J connectivity index is 1.44. The summed E-state index contributed by atoms with van der Waals surface area (Å²) in [5.41, 5.74) is 3.14. The molecule has 2 aromatic heterocycles. The highest BCUT2D eigenvalue weighted by Gasteiger charge is 2.31. The molecule has 1 atom stereocenters. The van der Waals surface area contributed by atoms with Gasteiger partial charge in [0.2, 0.25) is 5.91 Å². The Morgan fingerprint density at radius 2 is 1.97 bits per heavy atom. The van der Waals surface area contributed by atoms with Gasteiger partial charge in [-0.2, -0.15) is 0 Å². The number of carbonyl (C=O) groups excluding carboxylic acids is 1. The van der Waals surface area contributed by atoms with E-state index < -0.39 is 6.04 Å². The summed E-state index contributed by atoms with van der Waals surface area (Å²) >= 11 is 0. The number of aromatic nitrogens is 4. The van der Waals surface area contributed by atoms with E-state index in [0.717, 1.165) is 16.6 Å². The third kappa shape index (κ3) is 2.88. The Morgan fingerprint density at radius 3 is 2.83 bits per heavy atom. The lowest BCUT2D eigenvalue weighted by molar-refractivity contribution is -0.135. The van der Waals surface area contributed by atoms with Gasteiger partial charge in [0.05, 0.1) is 12.1 Å². The minimum Gasteiger partial charge on any atom is -0.360 e. The van der Waals surface area contributed by atoms with Crippen LogP contribution in [0.15, 0.2) is 53.1 Å². The van der Waals surface area contributed by atoms with E-state index in [1.807, 2.05) is 31.2 Å². The van der Waals surface area contributed by atoms with Crippen molar-refractivity contribution < 1.29 is 13.7 Å². The Labute approximate surface area is 165 Å². The summed E-state index contributed by atoms with van der Waals surface area (Å²) < 4.78 is 21.3. The molecule has 0 saturated heterocycles. The van der Waals surface area contributed by atoms with Crippen LogP contribution in [-0.4, -0.2) is 37.5 Å². The van der Waals surface area contributed by atoms with E-state index in [-0.39, 0.29) is 11.7 Å². The van der Waals surface area contributed by atoms with E-state index >= 15 is 0 Å². The second-order valence-corrected chi connectivity index (χ2v) is 7.12. The number of hydrogen-bond donors (Lipinski definition) is 0. The normalized spacial score (nSPS) is 14.8. The van der Waals surface area contributed by atoms with Crippen molar-refractivity contribution in [3.63, 3.8) is 0 Å². The number of nitrogens with zero attached hydrogens (tertiary/aromatic N) is 5. The Hall–Kier alpha value is -3.55. The highest BCUT2D eigenvalue weighted by molar-refractivity contribution is 5.83. The number of amides is 1. The van der Waals surface area contributed by atoms with Gasteiger partial charge in [-0.15, -0.1) is 5.10 Å². The molecule has 0 spiro atoms. The highest BCUT2D eigenvalue weighted by atomic mass is 19.1. The topological polar surface area (TPSA) is 77.0 Å². The molecule has 7 nitrogen and oxygen atoms in total. The molecule has 8 heteroatoms. The first-order valence-corrected chi connectivity index (χ1v) is 9.44. The fourth-order valence-corrected chi connectivity index (χ4v) is 3.80. The predicted octanol–water partition coefficient (Wildman–Crippen LogP) is 3.37. The van der Waals surface area contributed by atoms with E-state index in [4.69, 9.17) is 4.52 Å². The summed E-state index contributed by atoms with van der Waals surface area (Å²) in [6.45, 7) is 2.64. The maximum atomic E-state index is 14.3. The van der Waals surface area contributed by atoms with Crippen LogP contribution < -0.4 is 0 Å². The zero-order valence-electron chi connectivity index (χ0n) is 15.7. The van der Waals surface area contributed by atoms with Gasteiger partial charge in [0.15, 0.2) is 0 Å². The van der Waals surface area contributed by atoms with Crippen LogP contribution in [0.2, 0.25) is 0 Å². The van der Waals surface area contributed by atoms with Crippen molar-refractivity contribution in [2.45, 2.75) is 25.9 Å². The molecule has 5 rings (SSSR count). The lowest BCUT2D eigenvalue weighted by Crippen LogP contribution is -2.39. The summed E-state index contributed by atoms with van der Waals surface area (Å²) in [5.74, 6) is 0.257. The molecule has 0 radical (unpaired) electrons. The third-order valence-electron chi connectivity index (χ3n) is 5.37. The SMILES string of the molecule is CC(C(=O)N1CCc2onc(-c3ccccc3F)c2C1)n1nnc2ccccc21. The third-order valence-corrected chi connectivity index (χ3v) is 5.37. The van der Waals surface area contributed by atoms with E-state index in [2.05, 4.69) is 15.5 Å². The molecule has 29 heavy (non-hydrogen) atoms. The Kier molecular flexibility index (Phi) is 4.12. The average Bonchev–Trinajstić information content (AvgIpc) is 3.37. The quantitative estimate of drug-likeness (QED) is 0.535. The minimum atomic E-state index is -0.513. The summed E-state index contributed by atoms with van der Waals surface area (Å²) in [6, 6.07) is 13.5. The Morgan fingerprint density at radius 1 is 1.17 bits per heavy atom. The number of para-hydroxylation sites is 1. The predicted molar refractivity (Wildman–Crippen MR) is 103 cm³/mol. The van der Waals surface area contributed by atoms with Crippen LogP contribution in [0, 0.1) is 5.82 Å². The van der Waals surface area contributed by atoms with Gasteiger partial charge in [0, 0.05) is 24.1 Å². The number of carbonyl (C=O) groups is 1. The first-order chi connectivity index (χ1) is 14.1. The largest absolute Gasteiger partial charge is 0.360 e. The van der Waals surface area contributed by atoms with Crippen LogP contribution in [0.25, 0.3) is 22.3 Å². The molecule has 0 aliphatic carbocycles. The first-order valence-electron chi connectivity index (χ1n) is 9.44. The summed E-state index contributed by atoms with van der Waals surface area (Å²) in [6.07, 6.45) is 0.535. The van der Waals surface area contributed by atoms with Gasteiger partial charge >= 0.3 is 0 Å². The molecular formula is C21H18FN5O2. The molecule has 2 aromatic carbocycles. The summed E-state index contributed by atoms with van der Waals surface area (Å²) in [7, 11) is 0. The fraction of sp³-hybridized carbons (Fsp3) is 0.238. The first kappa shape index (κ1) is 17.5. The summed E-state index contributed by atoms with van der Waals surface area (Å²) in [4.78, 5) is 14.9. The molecule has 0 saturated carbocycles. The highest BCUT2D eigenvalue weighted by Crippen LogP contribution is 2.32. The molecule has 0 N–H and O–H groups in total. The van der Waals surface area contributed by atoms with Gasteiger partial charge in [-0.25, -0.2) is 9.07 Å². The molecule has 1 amide bonds. The molecule has 1 unspecified atom stereocenters. The van der Waals surface area contributed by atoms with Crippen molar-refractivity contribution in [3.8, 4) is 11.3 Å². The zero-order valence-corrected chi connectivity index (χ0v) is 15.7. The van der Waals surface area contributed by atoms with Crippen molar-refractivity contribution in [2.75, 3.05) is 6.54 Å². The maximum absolute atomic E-state index is 14.3. The van der Waals surface area contributed by atoms with E-state index in [9.17, 15) is 9.18 Å². The lowest BCUT2D eigenvalue weighted by Gasteiger charge is -2.28. The van der Waals surface area contributed by atoms with Crippen molar-refractivity contribution >= 4 is 16.9 Å². The van der Waals surface area contributed by atoms with Crippen molar-refractivity contribution in [1.29, 1.82) is 0 Å². The Bertz CT molecular complexity index is 1210. The average molecular weight is 391 g/mol. The minimum absolute atomic E-state index is 0.0769. The molecule has 3 heterocycles. The van der Waals surface area contributed by atoms with Crippen LogP contribution in [0.3, 0.4) is 0 Å². The molecule has 0 bridgehead atoms. The van der Waals surface area contributed by atoms with E-state index in [1.165, 1.54) is 6.07 Å². The van der Waals surface area contributed by atoms with Gasteiger partial charge in [-0.1, -0.05) is 34.6 Å². The fourth-order valence-electron chi connectivity index (χ4n) is 3.80. The summed E-state index contributed by atoms with van der Waals surface area (Å²) in [5, 5.41) is 12.4. The van der Waals surface area contributed by atoms with Crippen LogP contribution in [0.5, 0.6) is 0 Å². The number of benzene rings is 2. The standard InChI is InChI=1S/C21H18FN5O2/c1-13(27-18-9-5-4-8-17(18)23-25-27)21(28)26-11-10-19-15(12-26)20(24-29-19)14-6-2-3-7-16(14)22/h2-9,13H,10-12H2,1H3.